The smallest absolute Gasteiger partial charge is 0.457 e. The lowest BCUT2D eigenvalue weighted by Crippen LogP contribution is -2.29. The largest absolute Gasteiger partial charge is 0.488 e. The Morgan fingerprint density at radius 3 is 1.76 bits per heavy atom. The van der Waals surface area contributed by atoms with Crippen molar-refractivity contribution < 1.29 is 14.8 Å². The summed E-state index contributed by atoms with van der Waals surface area (Å²) in [7, 11) is -1.44. The normalized spacial score (nSPS) is 10.1. The molecule has 0 spiro atoms. The molecule has 3 nitrogen and oxygen atoms in total. The second kappa shape index (κ2) is 5.04. The van der Waals surface area contributed by atoms with Crippen molar-refractivity contribution >= 4 is 12.6 Å². The maximum absolute atomic E-state index is 8.95. The number of aryl methyl sites for hydroxylation is 1. The van der Waals surface area contributed by atoms with Crippen LogP contribution in [-0.2, 0) is 0 Å². The maximum Gasteiger partial charge on any atom is 0.488 e. The first-order valence-corrected chi connectivity index (χ1v) is 5.36. The summed E-state index contributed by atoms with van der Waals surface area (Å²) in [5.74, 6) is 1.42. The molecule has 2 aromatic carbocycles. The molecule has 0 aliphatic rings. The summed E-state index contributed by atoms with van der Waals surface area (Å²) in [5, 5.41) is 17.9. The fourth-order valence-electron chi connectivity index (χ4n) is 1.45. The zero-order valence-electron chi connectivity index (χ0n) is 9.50. The van der Waals surface area contributed by atoms with Gasteiger partial charge < -0.3 is 14.8 Å². The number of benzene rings is 2. The van der Waals surface area contributed by atoms with Crippen LogP contribution in [0, 0.1) is 6.92 Å². The Bertz CT molecular complexity index is 477. The van der Waals surface area contributed by atoms with Gasteiger partial charge in [-0.25, -0.2) is 0 Å². The third kappa shape index (κ3) is 3.09. The molecule has 17 heavy (non-hydrogen) atoms. The SMILES string of the molecule is Cc1ccc(Oc2ccc(B(O)O)cc2)cc1. The molecule has 0 saturated carbocycles. The monoisotopic (exact) mass is 228 g/mol. The lowest BCUT2D eigenvalue weighted by molar-refractivity contribution is 0.425. The summed E-state index contributed by atoms with van der Waals surface area (Å²) in [6.07, 6.45) is 0. The van der Waals surface area contributed by atoms with E-state index in [2.05, 4.69) is 0 Å². The van der Waals surface area contributed by atoms with E-state index in [0.717, 1.165) is 5.75 Å². The van der Waals surface area contributed by atoms with Gasteiger partial charge in [-0.05, 0) is 36.7 Å². The van der Waals surface area contributed by atoms with E-state index in [9.17, 15) is 0 Å². The molecule has 86 valence electrons. The van der Waals surface area contributed by atoms with Crippen molar-refractivity contribution in [2.75, 3.05) is 0 Å². The molecule has 2 N–H and O–H groups in total. The minimum atomic E-state index is -1.44. The van der Waals surface area contributed by atoms with Gasteiger partial charge in [0.2, 0.25) is 0 Å². The van der Waals surface area contributed by atoms with Crippen molar-refractivity contribution in [3.05, 3.63) is 54.1 Å². The summed E-state index contributed by atoms with van der Waals surface area (Å²) in [6.45, 7) is 2.02. The third-order valence-corrected chi connectivity index (χ3v) is 2.43. The van der Waals surface area contributed by atoms with E-state index in [-0.39, 0.29) is 0 Å². The highest BCUT2D eigenvalue weighted by Crippen LogP contribution is 2.20. The highest BCUT2D eigenvalue weighted by molar-refractivity contribution is 6.58. The van der Waals surface area contributed by atoms with Gasteiger partial charge >= 0.3 is 7.12 Å². The van der Waals surface area contributed by atoms with Gasteiger partial charge in [-0.15, -0.1) is 0 Å². The van der Waals surface area contributed by atoms with E-state index in [0.29, 0.717) is 11.2 Å². The zero-order valence-corrected chi connectivity index (χ0v) is 9.50. The molecule has 2 rings (SSSR count). The number of ether oxygens (including phenoxy) is 1. The fourth-order valence-corrected chi connectivity index (χ4v) is 1.45. The van der Waals surface area contributed by atoms with Gasteiger partial charge in [0.1, 0.15) is 11.5 Å². The van der Waals surface area contributed by atoms with Crippen LogP contribution in [0.15, 0.2) is 48.5 Å². The molecule has 0 saturated heterocycles. The first-order valence-electron chi connectivity index (χ1n) is 5.36. The number of hydrogen-bond acceptors (Lipinski definition) is 3. The van der Waals surface area contributed by atoms with Crippen molar-refractivity contribution in [3.63, 3.8) is 0 Å². The van der Waals surface area contributed by atoms with Crippen molar-refractivity contribution in [1.82, 2.24) is 0 Å². The van der Waals surface area contributed by atoms with E-state index >= 15 is 0 Å². The molecule has 0 fully saturated rings. The Hall–Kier alpha value is -1.78. The zero-order chi connectivity index (χ0) is 12.3. The topological polar surface area (TPSA) is 49.7 Å². The van der Waals surface area contributed by atoms with Gasteiger partial charge in [0.25, 0.3) is 0 Å². The summed E-state index contributed by atoms with van der Waals surface area (Å²) in [5.41, 5.74) is 1.62. The molecule has 2 aromatic rings. The first-order chi connectivity index (χ1) is 8.15. The molecule has 0 radical (unpaired) electrons. The highest BCUT2D eigenvalue weighted by Gasteiger charge is 2.09. The summed E-state index contributed by atoms with van der Waals surface area (Å²) >= 11 is 0. The summed E-state index contributed by atoms with van der Waals surface area (Å²) < 4.78 is 5.60. The van der Waals surface area contributed by atoms with E-state index < -0.39 is 7.12 Å². The molecule has 0 amide bonds. The number of rotatable bonds is 3. The predicted molar refractivity (Wildman–Crippen MR) is 67.5 cm³/mol. The summed E-state index contributed by atoms with van der Waals surface area (Å²) in [6, 6.07) is 14.4. The van der Waals surface area contributed by atoms with Crippen LogP contribution in [0.4, 0.5) is 0 Å². The van der Waals surface area contributed by atoms with Gasteiger partial charge in [0.05, 0.1) is 0 Å². The van der Waals surface area contributed by atoms with Crippen LogP contribution >= 0.6 is 0 Å². The van der Waals surface area contributed by atoms with E-state index in [1.54, 1.807) is 24.3 Å². The molecule has 0 atom stereocenters. The molecule has 0 unspecified atom stereocenters. The van der Waals surface area contributed by atoms with Crippen LogP contribution in [0.1, 0.15) is 5.56 Å². The second-order valence-electron chi connectivity index (χ2n) is 3.86. The minimum Gasteiger partial charge on any atom is -0.457 e. The Kier molecular flexibility index (Phi) is 3.47. The van der Waals surface area contributed by atoms with Crippen LogP contribution in [-0.4, -0.2) is 17.2 Å². The van der Waals surface area contributed by atoms with E-state index in [4.69, 9.17) is 14.8 Å². The van der Waals surface area contributed by atoms with E-state index in [1.807, 2.05) is 31.2 Å². The van der Waals surface area contributed by atoms with Gasteiger partial charge in [-0.1, -0.05) is 29.8 Å². The van der Waals surface area contributed by atoms with Gasteiger partial charge in [-0.2, -0.15) is 0 Å². The van der Waals surface area contributed by atoms with Crippen molar-refractivity contribution in [3.8, 4) is 11.5 Å². The van der Waals surface area contributed by atoms with Crippen LogP contribution in [0.3, 0.4) is 0 Å². The third-order valence-electron chi connectivity index (χ3n) is 2.43. The van der Waals surface area contributed by atoms with Crippen molar-refractivity contribution in [2.24, 2.45) is 0 Å². The van der Waals surface area contributed by atoms with Gasteiger partial charge in [0, 0.05) is 0 Å². The highest BCUT2D eigenvalue weighted by atomic mass is 16.5. The van der Waals surface area contributed by atoms with Crippen LogP contribution in [0.5, 0.6) is 11.5 Å². The molecular weight excluding hydrogens is 215 g/mol. The molecule has 0 bridgehead atoms. The Labute approximate surface area is 100 Å². The Balaban J connectivity index is 2.11. The van der Waals surface area contributed by atoms with Crippen LogP contribution < -0.4 is 10.2 Å². The van der Waals surface area contributed by atoms with Crippen LogP contribution in [0.25, 0.3) is 0 Å². The molecule has 0 aromatic heterocycles. The summed E-state index contributed by atoms with van der Waals surface area (Å²) in [4.78, 5) is 0. The fraction of sp³-hybridized carbons (Fsp3) is 0.0769. The molecule has 0 aliphatic carbocycles. The number of hydrogen-bond donors (Lipinski definition) is 2. The van der Waals surface area contributed by atoms with Gasteiger partial charge in [0.15, 0.2) is 0 Å². The van der Waals surface area contributed by atoms with Crippen molar-refractivity contribution in [1.29, 1.82) is 0 Å². The first kappa shape index (κ1) is 11.7. The lowest BCUT2D eigenvalue weighted by Gasteiger charge is -2.06. The predicted octanol–water partition coefficient (Wildman–Crippen LogP) is 1.47. The van der Waals surface area contributed by atoms with Crippen LogP contribution in [0.2, 0.25) is 0 Å². The lowest BCUT2D eigenvalue weighted by atomic mass is 9.80. The van der Waals surface area contributed by atoms with E-state index in [1.165, 1.54) is 5.56 Å². The quantitative estimate of drug-likeness (QED) is 0.782. The van der Waals surface area contributed by atoms with Crippen molar-refractivity contribution in [2.45, 2.75) is 6.92 Å². The average Bonchev–Trinajstić information content (AvgIpc) is 2.33. The molecule has 0 aliphatic heterocycles. The minimum absolute atomic E-state index is 0.446. The standard InChI is InChI=1S/C13H13BO3/c1-10-2-6-12(7-3-10)17-13-8-4-11(5-9-13)14(15)16/h2-9,15-16H,1H3. The average molecular weight is 228 g/mol. The molecule has 4 heteroatoms. The second-order valence-corrected chi connectivity index (χ2v) is 3.86. The Morgan fingerprint density at radius 2 is 1.29 bits per heavy atom. The Morgan fingerprint density at radius 1 is 0.824 bits per heavy atom. The van der Waals surface area contributed by atoms with Gasteiger partial charge in [-0.3, -0.25) is 0 Å². The molecular formula is C13H13BO3. The maximum atomic E-state index is 8.95. The molecule has 0 heterocycles.